The number of benzene rings is 1. The summed E-state index contributed by atoms with van der Waals surface area (Å²) in [6, 6.07) is 3.82. The van der Waals surface area contributed by atoms with E-state index in [4.69, 9.17) is 9.84 Å². The number of hydrogen-bond acceptors (Lipinski definition) is 2. The molecule has 0 radical (unpaired) electrons. The van der Waals surface area contributed by atoms with Gasteiger partial charge in [-0.1, -0.05) is 6.07 Å². The van der Waals surface area contributed by atoms with Crippen molar-refractivity contribution in [1.29, 1.82) is 0 Å². The Morgan fingerprint density at radius 2 is 2.21 bits per heavy atom. The molecule has 14 heavy (non-hydrogen) atoms. The van der Waals surface area contributed by atoms with Gasteiger partial charge in [0.25, 0.3) is 0 Å². The Morgan fingerprint density at radius 3 is 2.71 bits per heavy atom. The monoisotopic (exact) mass is 198 g/mol. The Morgan fingerprint density at radius 1 is 1.57 bits per heavy atom. The Hall–Kier alpha value is -1.58. The lowest BCUT2D eigenvalue weighted by Gasteiger charge is -2.11. The van der Waals surface area contributed by atoms with Crippen LogP contribution in [0, 0.1) is 5.82 Å². The molecule has 1 unspecified atom stereocenters. The van der Waals surface area contributed by atoms with E-state index < -0.39 is 17.7 Å². The van der Waals surface area contributed by atoms with E-state index in [1.54, 1.807) is 0 Å². The van der Waals surface area contributed by atoms with Gasteiger partial charge in [0.2, 0.25) is 0 Å². The molecule has 0 saturated heterocycles. The standard InChI is InChI=1S/C10H11FO3/c1-6(10(12)13)8-4-3-7(11)5-9(8)14-2/h3-6H,1-2H3,(H,12,13). The van der Waals surface area contributed by atoms with Gasteiger partial charge >= 0.3 is 5.97 Å². The number of hydrogen-bond donors (Lipinski definition) is 1. The molecule has 0 spiro atoms. The van der Waals surface area contributed by atoms with Crippen LogP contribution in [0.1, 0.15) is 18.4 Å². The molecule has 76 valence electrons. The van der Waals surface area contributed by atoms with E-state index >= 15 is 0 Å². The zero-order valence-corrected chi connectivity index (χ0v) is 7.95. The summed E-state index contributed by atoms with van der Waals surface area (Å²) >= 11 is 0. The van der Waals surface area contributed by atoms with E-state index in [1.165, 1.54) is 32.2 Å². The first-order valence-corrected chi connectivity index (χ1v) is 4.12. The van der Waals surface area contributed by atoms with Crippen LogP contribution in [-0.4, -0.2) is 18.2 Å². The molecular weight excluding hydrogens is 187 g/mol. The molecule has 0 heterocycles. The first-order chi connectivity index (χ1) is 6.56. The minimum Gasteiger partial charge on any atom is -0.496 e. The van der Waals surface area contributed by atoms with Gasteiger partial charge in [0, 0.05) is 11.6 Å². The van der Waals surface area contributed by atoms with E-state index in [9.17, 15) is 9.18 Å². The van der Waals surface area contributed by atoms with Crippen LogP contribution in [0.4, 0.5) is 4.39 Å². The van der Waals surface area contributed by atoms with Crippen LogP contribution >= 0.6 is 0 Å². The lowest BCUT2D eigenvalue weighted by molar-refractivity contribution is -0.138. The second-order valence-electron chi connectivity index (χ2n) is 2.95. The fraction of sp³-hybridized carbons (Fsp3) is 0.300. The number of rotatable bonds is 3. The van der Waals surface area contributed by atoms with Crippen LogP contribution in [0.2, 0.25) is 0 Å². The van der Waals surface area contributed by atoms with Crippen molar-refractivity contribution < 1.29 is 19.0 Å². The summed E-state index contributed by atoms with van der Waals surface area (Å²) in [5.41, 5.74) is 0.474. The normalized spacial score (nSPS) is 12.2. The first-order valence-electron chi connectivity index (χ1n) is 4.12. The van der Waals surface area contributed by atoms with Crippen molar-refractivity contribution >= 4 is 5.97 Å². The van der Waals surface area contributed by atoms with Crippen molar-refractivity contribution in [3.63, 3.8) is 0 Å². The highest BCUT2D eigenvalue weighted by Crippen LogP contribution is 2.27. The van der Waals surface area contributed by atoms with Crippen molar-refractivity contribution in [2.45, 2.75) is 12.8 Å². The van der Waals surface area contributed by atoms with Gasteiger partial charge in [-0.05, 0) is 13.0 Å². The molecule has 1 atom stereocenters. The maximum Gasteiger partial charge on any atom is 0.310 e. The summed E-state index contributed by atoms with van der Waals surface area (Å²) < 4.78 is 17.7. The van der Waals surface area contributed by atoms with Gasteiger partial charge in [0.05, 0.1) is 13.0 Å². The molecule has 1 rings (SSSR count). The molecule has 1 aromatic carbocycles. The van der Waals surface area contributed by atoms with Crippen LogP contribution in [0.3, 0.4) is 0 Å². The lowest BCUT2D eigenvalue weighted by Crippen LogP contribution is -2.08. The van der Waals surface area contributed by atoms with Crippen LogP contribution in [0.15, 0.2) is 18.2 Å². The summed E-state index contributed by atoms with van der Waals surface area (Å²) in [6.45, 7) is 1.53. The second kappa shape index (κ2) is 4.09. The van der Waals surface area contributed by atoms with E-state index in [1.807, 2.05) is 0 Å². The topological polar surface area (TPSA) is 46.5 Å². The molecule has 0 aliphatic carbocycles. The second-order valence-corrected chi connectivity index (χ2v) is 2.95. The van der Waals surface area contributed by atoms with Crippen molar-refractivity contribution in [1.82, 2.24) is 0 Å². The quantitative estimate of drug-likeness (QED) is 0.808. The highest BCUT2D eigenvalue weighted by molar-refractivity contribution is 5.76. The summed E-state index contributed by atoms with van der Waals surface area (Å²) in [4.78, 5) is 10.7. The molecule has 0 fully saturated rings. The molecule has 0 aliphatic rings. The van der Waals surface area contributed by atoms with Crippen molar-refractivity contribution in [3.05, 3.63) is 29.6 Å². The van der Waals surface area contributed by atoms with Crippen molar-refractivity contribution in [2.24, 2.45) is 0 Å². The predicted octanol–water partition coefficient (Wildman–Crippen LogP) is 2.02. The van der Waals surface area contributed by atoms with Crippen molar-refractivity contribution in [3.8, 4) is 5.75 Å². The molecule has 1 N–H and O–H groups in total. The number of halogens is 1. The van der Waals surface area contributed by atoms with Gasteiger partial charge in [-0.15, -0.1) is 0 Å². The summed E-state index contributed by atoms with van der Waals surface area (Å²) in [7, 11) is 1.38. The molecule has 0 aliphatic heterocycles. The van der Waals surface area contributed by atoms with Gasteiger partial charge < -0.3 is 9.84 Å². The fourth-order valence-electron chi connectivity index (χ4n) is 1.18. The summed E-state index contributed by atoms with van der Waals surface area (Å²) in [6.07, 6.45) is 0. The number of carboxylic acids is 1. The summed E-state index contributed by atoms with van der Waals surface area (Å²) in [5.74, 6) is -1.84. The van der Waals surface area contributed by atoms with Gasteiger partial charge in [-0.2, -0.15) is 0 Å². The van der Waals surface area contributed by atoms with Gasteiger partial charge in [-0.3, -0.25) is 4.79 Å². The molecule has 4 heteroatoms. The summed E-state index contributed by atoms with van der Waals surface area (Å²) in [5, 5.41) is 8.78. The van der Waals surface area contributed by atoms with Crippen molar-refractivity contribution in [2.75, 3.05) is 7.11 Å². The average molecular weight is 198 g/mol. The SMILES string of the molecule is COc1cc(F)ccc1C(C)C(=O)O. The molecule has 0 aromatic heterocycles. The third-order valence-corrected chi connectivity index (χ3v) is 2.03. The maximum atomic E-state index is 12.8. The Kier molecular flexibility index (Phi) is 3.06. The minimum atomic E-state index is -0.963. The largest absolute Gasteiger partial charge is 0.496 e. The Balaban J connectivity index is 3.13. The highest BCUT2D eigenvalue weighted by atomic mass is 19.1. The number of ether oxygens (including phenoxy) is 1. The van der Waals surface area contributed by atoms with Gasteiger partial charge in [0.15, 0.2) is 0 Å². The predicted molar refractivity (Wildman–Crippen MR) is 49.0 cm³/mol. The van der Waals surface area contributed by atoms with Crippen LogP contribution in [-0.2, 0) is 4.79 Å². The highest BCUT2D eigenvalue weighted by Gasteiger charge is 2.18. The molecule has 0 amide bonds. The van der Waals surface area contributed by atoms with Crippen LogP contribution < -0.4 is 4.74 Å². The molecular formula is C10H11FO3. The van der Waals surface area contributed by atoms with Crippen LogP contribution in [0.5, 0.6) is 5.75 Å². The third kappa shape index (κ3) is 2.02. The number of carbonyl (C=O) groups is 1. The Bertz CT molecular complexity index is 349. The molecule has 1 aromatic rings. The fourth-order valence-corrected chi connectivity index (χ4v) is 1.18. The number of carboxylic acid groups (broad SMARTS) is 1. The van der Waals surface area contributed by atoms with Crippen LogP contribution in [0.25, 0.3) is 0 Å². The molecule has 3 nitrogen and oxygen atoms in total. The maximum absolute atomic E-state index is 12.8. The third-order valence-electron chi connectivity index (χ3n) is 2.03. The van der Waals surface area contributed by atoms with Gasteiger partial charge in [0.1, 0.15) is 11.6 Å². The zero-order chi connectivity index (χ0) is 10.7. The van der Waals surface area contributed by atoms with Gasteiger partial charge in [-0.25, -0.2) is 4.39 Å². The molecule has 0 bridgehead atoms. The number of aliphatic carboxylic acids is 1. The van der Waals surface area contributed by atoms with E-state index in [0.717, 1.165) is 0 Å². The molecule has 0 saturated carbocycles. The number of methoxy groups -OCH3 is 1. The average Bonchev–Trinajstić information content (AvgIpc) is 2.16. The first kappa shape index (κ1) is 10.5. The van der Waals surface area contributed by atoms with E-state index in [-0.39, 0.29) is 5.75 Å². The van der Waals surface area contributed by atoms with E-state index in [0.29, 0.717) is 5.56 Å². The zero-order valence-electron chi connectivity index (χ0n) is 7.95. The van der Waals surface area contributed by atoms with E-state index in [2.05, 4.69) is 0 Å². The smallest absolute Gasteiger partial charge is 0.310 e. The Labute approximate surface area is 81.1 Å². The minimum absolute atomic E-state index is 0.264. The lowest BCUT2D eigenvalue weighted by atomic mass is 10.0.